The highest BCUT2D eigenvalue weighted by Gasteiger charge is 2.15. The normalized spacial score (nSPS) is 11.6. The summed E-state index contributed by atoms with van der Waals surface area (Å²) in [7, 11) is 3.24. The number of methoxy groups -OCH3 is 2. The minimum absolute atomic E-state index is 0.213. The van der Waals surface area contributed by atoms with Crippen LogP contribution in [0.5, 0.6) is 11.5 Å². The Bertz CT molecular complexity index is 640. The fraction of sp³-hybridized carbons (Fsp3) is 0.278. The number of rotatable bonds is 7. The molecule has 5 heteroatoms. The number of amides is 1. The zero-order valence-corrected chi connectivity index (χ0v) is 13.5. The second-order valence-electron chi connectivity index (χ2n) is 5.06. The second-order valence-corrected chi connectivity index (χ2v) is 5.06. The van der Waals surface area contributed by atoms with Gasteiger partial charge in [0.15, 0.2) is 6.10 Å². The summed E-state index contributed by atoms with van der Waals surface area (Å²) in [5.41, 5.74) is 1.71. The van der Waals surface area contributed by atoms with E-state index in [1.165, 1.54) is 0 Å². The highest BCUT2D eigenvalue weighted by molar-refractivity contribution is 5.94. The fourth-order valence-corrected chi connectivity index (χ4v) is 2.06. The van der Waals surface area contributed by atoms with Crippen LogP contribution in [-0.2, 0) is 16.1 Å². The quantitative estimate of drug-likeness (QED) is 0.852. The van der Waals surface area contributed by atoms with E-state index in [-0.39, 0.29) is 5.91 Å². The Balaban J connectivity index is 1.95. The summed E-state index contributed by atoms with van der Waals surface area (Å²) in [5.74, 6) is 1.14. The average Bonchev–Trinajstić information content (AvgIpc) is 2.56. The standard InChI is InChI=1S/C18H21NO4/c1-13(23-17-9-7-16(22-3)8-10-17)18(20)19-15-6-4-5-14(11-15)12-21-2/h4-11,13H,12H2,1-3H3,(H,19,20). The predicted molar refractivity (Wildman–Crippen MR) is 88.9 cm³/mol. The second kappa shape index (κ2) is 8.19. The highest BCUT2D eigenvalue weighted by atomic mass is 16.5. The molecule has 0 bridgehead atoms. The van der Waals surface area contributed by atoms with Gasteiger partial charge in [-0.25, -0.2) is 0 Å². The van der Waals surface area contributed by atoms with Crippen LogP contribution in [0.3, 0.4) is 0 Å². The van der Waals surface area contributed by atoms with Gasteiger partial charge in [-0.05, 0) is 48.9 Å². The molecule has 23 heavy (non-hydrogen) atoms. The Hall–Kier alpha value is -2.53. The summed E-state index contributed by atoms with van der Waals surface area (Å²) in [6.07, 6.45) is -0.616. The monoisotopic (exact) mass is 315 g/mol. The van der Waals surface area contributed by atoms with Gasteiger partial charge in [0.1, 0.15) is 11.5 Å². The van der Waals surface area contributed by atoms with Crippen molar-refractivity contribution in [3.05, 3.63) is 54.1 Å². The van der Waals surface area contributed by atoms with Crippen molar-refractivity contribution in [1.82, 2.24) is 0 Å². The predicted octanol–water partition coefficient (Wildman–Crippen LogP) is 3.25. The maximum atomic E-state index is 12.2. The number of carbonyl (C=O) groups is 1. The molecule has 122 valence electrons. The Kier molecular flexibility index (Phi) is 6.00. The van der Waals surface area contributed by atoms with Crippen molar-refractivity contribution >= 4 is 11.6 Å². The van der Waals surface area contributed by atoms with Crippen molar-refractivity contribution in [1.29, 1.82) is 0 Å². The summed E-state index contributed by atoms with van der Waals surface area (Å²) in [6, 6.07) is 14.6. The molecule has 0 heterocycles. The molecule has 0 aliphatic carbocycles. The third-order valence-corrected chi connectivity index (χ3v) is 3.25. The van der Waals surface area contributed by atoms with Gasteiger partial charge in [0, 0.05) is 12.8 Å². The van der Waals surface area contributed by atoms with E-state index in [4.69, 9.17) is 14.2 Å². The first-order valence-electron chi connectivity index (χ1n) is 7.32. The third kappa shape index (κ3) is 5.00. The minimum atomic E-state index is -0.616. The smallest absolute Gasteiger partial charge is 0.265 e. The first kappa shape index (κ1) is 16.8. The Morgan fingerprint density at radius 2 is 1.78 bits per heavy atom. The molecule has 0 spiro atoms. The van der Waals surface area contributed by atoms with Crippen molar-refractivity contribution in [2.45, 2.75) is 19.6 Å². The Morgan fingerprint density at radius 1 is 1.09 bits per heavy atom. The van der Waals surface area contributed by atoms with E-state index in [0.717, 1.165) is 17.0 Å². The largest absolute Gasteiger partial charge is 0.497 e. The molecule has 0 radical (unpaired) electrons. The van der Waals surface area contributed by atoms with Crippen molar-refractivity contribution in [3.8, 4) is 11.5 Å². The van der Waals surface area contributed by atoms with Gasteiger partial charge in [-0.2, -0.15) is 0 Å². The van der Waals surface area contributed by atoms with Crippen molar-refractivity contribution < 1.29 is 19.0 Å². The van der Waals surface area contributed by atoms with Crippen molar-refractivity contribution in [2.75, 3.05) is 19.5 Å². The number of carbonyl (C=O) groups excluding carboxylic acids is 1. The van der Waals surface area contributed by atoms with E-state index in [1.54, 1.807) is 45.4 Å². The number of nitrogens with one attached hydrogen (secondary N) is 1. The van der Waals surface area contributed by atoms with Crippen LogP contribution in [0, 0.1) is 0 Å². The average molecular weight is 315 g/mol. The third-order valence-electron chi connectivity index (χ3n) is 3.25. The SMILES string of the molecule is COCc1cccc(NC(=O)C(C)Oc2ccc(OC)cc2)c1. The Morgan fingerprint density at radius 3 is 2.43 bits per heavy atom. The molecule has 0 saturated carbocycles. The number of hydrogen-bond acceptors (Lipinski definition) is 4. The molecular weight excluding hydrogens is 294 g/mol. The highest BCUT2D eigenvalue weighted by Crippen LogP contribution is 2.19. The summed E-state index contributed by atoms with van der Waals surface area (Å²) in [5, 5.41) is 2.84. The van der Waals surface area contributed by atoms with Gasteiger partial charge in [0.25, 0.3) is 5.91 Å². The van der Waals surface area contributed by atoms with Crippen LogP contribution >= 0.6 is 0 Å². The molecule has 2 rings (SSSR count). The molecule has 0 saturated heterocycles. The first-order chi connectivity index (χ1) is 11.1. The van der Waals surface area contributed by atoms with Crippen LogP contribution < -0.4 is 14.8 Å². The minimum Gasteiger partial charge on any atom is -0.497 e. The van der Waals surface area contributed by atoms with Gasteiger partial charge in [0.05, 0.1) is 13.7 Å². The fourth-order valence-electron chi connectivity index (χ4n) is 2.06. The van der Waals surface area contributed by atoms with E-state index >= 15 is 0 Å². The molecular formula is C18H21NO4. The number of benzene rings is 2. The summed E-state index contributed by atoms with van der Waals surface area (Å²) >= 11 is 0. The summed E-state index contributed by atoms with van der Waals surface area (Å²) in [4.78, 5) is 12.2. The topological polar surface area (TPSA) is 56.8 Å². The summed E-state index contributed by atoms with van der Waals surface area (Å²) < 4.78 is 15.8. The van der Waals surface area contributed by atoms with Gasteiger partial charge in [0.2, 0.25) is 0 Å². The molecule has 0 fully saturated rings. The van der Waals surface area contributed by atoms with Crippen LogP contribution in [0.4, 0.5) is 5.69 Å². The number of anilines is 1. The zero-order valence-electron chi connectivity index (χ0n) is 13.5. The van der Waals surface area contributed by atoms with E-state index in [1.807, 2.05) is 24.3 Å². The molecule has 1 N–H and O–H groups in total. The number of hydrogen-bond donors (Lipinski definition) is 1. The lowest BCUT2D eigenvalue weighted by atomic mass is 10.2. The first-order valence-corrected chi connectivity index (χ1v) is 7.32. The van der Waals surface area contributed by atoms with Crippen molar-refractivity contribution in [2.24, 2.45) is 0 Å². The van der Waals surface area contributed by atoms with Crippen LogP contribution in [0.15, 0.2) is 48.5 Å². The lowest BCUT2D eigenvalue weighted by Crippen LogP contribution is -2.30. The molecule has 0 aliphatic heterocycles. The molecule has 0 aliphatic rings. The van der Waals surface area contributed by atoms with E-state index in [2.05, 4.69) is 5.32 Å². The Labute approximate surface area is 136 Å². The number of ether oxygens (including phenoxy) is 3. The van der Waals surface area contributed by atoms with Gasteiger partial charge >= 0.3 is 0 Å². The van der Waals surface area contributed by atoms with Crippen LogP contribution in [0.2, 0.25) is 0 Å². The van der Waals surface area contributed by atoms with Crippen LogP contribution in [-0.4, -0.2) is 26.2 Å². The van der Waals surface area contributed by atoms with Gasteiger partial charge in [-0.15, -0.1) is 0 Å². The molecule has 1 amide bonds. The van der Waals surface area contributed by atoms with E-state index < -0.39 is 6.10 Å². The van der Waals surface area contributed by atoms with Gasteiger partial charge in [-0.1, -0.05) is 12.1 Å². The van der Waals surface area contributed by atoms with Crippen LogP contribution in [0.25, 0.3) is 0 Å². The van der Waals surface area contributed by atoms with Gasteiger partial charge < -0.3 is 19.5 Å². The molecule has 5 nitrogen and oxygen atoms in total. The van der Waals surface area contributed by atoms with Crippen molar-refractivity contribution in [3.63, 3.8) is 0 Å². The van der Waals surface area contributed by atoms with E-state index in [9.17, 15) is 4.79 Å². The zero-order chi connectivity index (χ0) is 16.7. The molecule has 1 unspecified atom stereocenters. The molecule has 1 atom stereocenters. The van der Waals surface area contributed by atoms with Crippen LogP contribution in [0.1, 0.15) is 12.5 Å². The molecule has 0 aromatic heterocycles. The lowest BCUT2D eigenvalue weighted by molar-refractivity contribution is -0.122. The van der Waals surface area contributed by atoms with E-state index in [0.29, 0.717) is 12.4 Å². The van der Waals surface area contributed by atoms with Gasteiger partial charge in [-0.3, -0.25) is 4.79 Å². The lowest BCUT2D eigenvalue weighted by Gasteiger charge is -2.15. The molecule has 2 aromatic carbocycles. The maximum absolute atomic E-state index is 12.2. The summed E-state index contributed by atoms with van der Waals surface area (Å²) in [6.45, 7) is 2.21. The molecule has 2 aromatic rings. The maximum Gasteiger partial charge on any atom is 0.265 e.